The summed E-state index contributed by atoms with van der Waals surface area (Å²) in [6, 6.07) is 15.5. The number of Topliss-reactive ketones (excluding diaryl/α,β-unsaturated/α-hetero) is 1. The first-order valence-electron chi connectivity index (χ1n) is 10.1. The fourth-order valence-corrected chi connectivity index (χ4v) is 4.42. The third-order valence-corrected chi connectivity index (χ3v) is 5.89. The van der Waals surface area contributed by atoms with Crippen LogP contribution in [0.4, 0.5) is 11.9 Å². The van der Waals surface area contributed by atoms with Crippen molar-refractivity contribution >= 4 is 40.2 Å². The third kappa shape index (κ3) is 3.75. The summed E-state index contributed by atoms with van der Waals surface area (Å²) in [5, 5.41) is 4.80. The standard InChI is InChI=1S/C24H20ClN5O/c1-13-18-8-3-4-9-19(18)28-23(26-13)30-24-27-14(2)22-20(29-24)11-16(12-21(22)31)15-6-5-7-17(25)10-15/h3-10,16H,11-12H2,1-2H3,(H,26,27,28,29,30). The number of halogens is 1. The lowest BCUT2D eigenvalue weighted by Crippen LogP contribution is -2.23. The molecule has 1 N–H and O–H groups in total. The fraction of sp³-hybridized carbons (Fsp3) is 0.208. The molecule has 0 amide bonds. The first-order chi connectivity index (χ1) is 15.0. The van der Waals surface area contributed by atoms with Gasteiger partial charge in [0.1, 0.15) is 0 Å². The van der Waals surface area contributed by atoms with E-state index in [0.717, 1.165) is 27.9 Å². The predicted molar refractivity (Wildman–Crippen MR) is 121 cm³/mol. The SMILES string of the molecule is Cc1nc(Nc2nc(C)c3ccccc3n2)nc2c1C(=O)CC(c1cccc(Cl)c1)C2. The molecule has 154 valence electrons. The Morgan fingerprint density at radius 1 is 0.903 bits per heavy atom. The van der Waals surface area contributed by atoms with Crippen LogP contribution in [-0.2, 0) is 6.42 Å². The molecule has 0 aliphatic heterocycles. The Bertz CT molecular complexity index is 1340. The normalized spacial score (nSPS) is 15.7. The number of aryl methyl sites for hydroxylation is 2. The van der Waals surface area contributed by atoms with Gasteiger partial charge >= 0.3 is 0 Å². The fourth-order valence-electron chi connectivity index (χ4n) is 4.22. The molecule has 0 bridgehead atoms. The summed E-state index contributed by atoms with van der Waals surface area (Å²) < 4.78 is 0. The number of para-hydroxylation sites is 1. The van der Waals surface area contributed by atoms with E-state index < -0.39 is 0 Å². The van der Waals surface area contributed by atoms with Crippen molar-refractivity contribution < 1.29 is 4.79 Å². The highest BCUT2D eigenvalue weighted by Gasteiger charge is 2.30. The van der Waals surface area contributed by atoms with Crippen molar-refractivity contribution in [1.29, 1.82) is 0 Å². The smallest absolute Gasteiger partial charge is 0.230 e. The molecule has 7 heteroatoms. The maximum atomic E-state index is 12.9. The van der Waals surface area contributed by atoms with Gasteiger partial charge in [0.15, 0.2) is 5.78 Å². The van der Waals surface area contributed by atoms with Gasteiger partial charge in [0.25, 0.3) is 0 Å². The van der Waals surface area contributed by atoms with Crippen LogP contribution >= 0.6 is 11.6 Å². The van der Waals surface area contributed by atoms with Crippen LogP contribution in [0, 0.1) is 13.8 Å². The molecule has 0 saturated heterocycles. The minimum Gasteiger partial charge on any atom is -0.294 e. The minimum absolute atomic E-state index is 0.0417. The van der Waals surface area contributed by atoms with Crippen molar-refractivity contribution in [1.82, 2.24) is 19.9 Å². The van der Waals surface area contributed by atoms with Gasteiger partial charge in [-0.2, -0.15) is 0 Å². The van der Waals surface area contributed by atoms with Crippen molar-refractivity contribution in [2.45, 2.75) is 32.6 Å². The van der Waals surface area contributed by atoms with E-state index in [0.29, 0.717) is 41.0 Å². The number of benzene rings is 2. The summed E-state index contributed by atoms with van der Waals surface area (Å²) in [5.74, 6) is 0.933. The topological polar surface area (TPSA) is 80.7 Å². The molecule has 1 unspecified atom stereocenters. The van der Waals surface area contributed by atoms with Crippen molar-refractivity contribution in [2.75, 3.05) is 5.32 Å². The number of anilines is 2. The second-order valence-corrected chi connectivity index (χ2v) is 8.25. The first-order valence-corrected chi connectivity index (χ1v) is 10.5. The number of nitrogens with one attached hydrogen (secondary N) is 1. The molecule has 2 aromatic heterocycles. The number of carbonyl (C=O) groups is 1. The summed E-state index contributed by atoms with van der Waals surface area (Å²) in [7, 11) is 0. The number of aromatic nitrogens is 4. The Labute approximate surface area is 184 Å². The van der Waals surface area contributed by atoms with Crippen molar-refractivity contribution in [3.63, 3.8) is 0 Å². The van der Waals surface area contributed by atoms with Crippen LogP contribution < -0.4 is 5.32 Å². The molecule has 2 heterocycles. The second-order valence-electron chi connectivity index (χ2n) is 7.81. The van der Waals surface area contributed by atoms with Crippen molar-refractivity contribution in [3.05, 3.63) is 81.8 Å². The number of nitrogens with zero attached hydrogens (tertiary/aromatic N) is 4. The van der Waals surface area contributed by atoms with Gasteiger partial charge in [-0.05, 0) is 49.9 Å². The van der Waals surface area contributed by atoms with Crippen molar-refractivity contribution in [2.24, 2.45) is 0 Å². The first kappa shape index (κ1) is 19.6. The molecule has 1 atom stereocenters. The Hall–Kier alpha value is -3.38. The van der Waals surface area contributed by atoms with E-state index >= 15 is 0 Å². The largest absolute Gasteiger partial charge is 0.294 e. The van der Waals surface area contributed by atoms with Gasteiger partial charge < -0.3 is 0 Å². The van der Waals surface area contributed by atoms with Crippen LogP contribution in [0.1, 0.15) is 45.3 Å². The molecule has 6 nitrogen and oxygen atoms in total. The van der Waals surface area contributed by atoms with E-state index in [-0.39, 0.29) is 11.7 Å². The average Bonchev–Trinajstić information content (AvgIpc) is 2.73. The lowest BCUT2D eigenvalue weighted by atomic mass is 9.81. The van der Waals surface area contributed by atoms with E-state index in [9.17, 15) is 4.79 Å². The molecule has 1 aliphatic carbocycles. The Balaban J connectivity index is 1.50. The number of rotatable bonds is 3. The van der Waals surface area contributed by atoms with E-state index in [1.807, 2.05) is 62.4 Å². The number of hydrogen-bond acceptors (Lipinski definition) is 6. The van der Waals surface area contributed by atoms with Crippen LogP contribution in [0.5, 0.6) is 0 Å². The molecule has 0 saturated carbocycles. The van der Waals surface area contributed by atoms with Crippen LogP contribution in [0.15, 0.2) is 48.5 Å². The Morgan fingerprint density at radius 2 is 1.68 bits per heavy atom. The zero-order valence-electron chi connectivity index (χ0n) is 17.2. The molecule has 5 rings (SSSR count). The van der Waals surface area contributed by atoms with E-state index in [1.165, 1.54) is 0 Å². The molecular weight excluding hydrogens is 410 g/mol. The third-order valence-electron chi connectivity index (χ3n) is 5.65. The maximum Gasteiger partial charge on any atom is 0.230 e. The molecule has 0 fully saturated rings. The van der Waals surface area contributed by atoms with Crippen LogP contribution in [0.3, 0.4) is 0 Å². The Kier molecular flexibility index (Phi) is 4.87. The summed E-state index contributed by atoms with van der Waals surface area (Å²) >= 11 is 6.16. The maximum absolute atomic E-state index is 12.9. The average molecular weight is 430 g/mol. The van der Waals surface area contributed by atoms with Gasteiger partial charge in [0.2, 0.25) is 11.9 Å². The quantitative estimate of drug-likeness (QED) is 0.473. The lowest BCUT2D eigenvalue weighted by molar-refractivity contribution is 0.0962. The molecule has 0 radical (unpaired) electrons. The number of ketones is 1. The molecule has 0 spiro atoms. The zero-order chi connectivity index (χ0) is 21.5. The monoisotopic (exact) mass is 429 g/mol. The summed E-state index contributed by atoms with van der Waals surface area (Å²) in [6.07, 6.45) is 1.08. The molecule has 31 heavy (non-hydrogen) atoms. The van der Waals surface area contributed by atoms with Crippen molar-refractivity contribution in [3.8, 4) is 0 Å². The van der Waals surface area contributed by atoms with E-state index in [4.69, 9.17) is 11.6 Å². The highest BCUT2D eigenvalue weighted by Crippen LogP contribution is 2.34. The molecule has 4 aromatic rings. The van der Waals surface area contributed by atoms with Gasteiger partial charge in [-0.15, -0.1) is 0 Å². The van der Waals surface area contributed by atoms with Crippen LogP contribution in [-0.4, -0.2) is 25.7 Å². The number of hydrogen-bond donors (Lipinski definition) is 1. The van der Waals surface area contributed by atoms with Gasteiger partial charge in [-0.25, -0.2) is 19.9 Å². The summed E-state index contributed by atoms with van der Waals surface area (Å²) in [6.45, 7) is 3.79. The molecule has 1 aliphatic rings. The Morgan fingerprint density at radius 3 is 2.52 bits per heavy atom. The second kappa shape index (κ2) is 7.71. The molecular formula is C24H20ClN5O. The van der Waals surface area contributed by atoms with Gasteiger partial charge in [-0.3, -0.25) is 10.1 Å². The highest BCUT2D eigenvalue weighted by molar-refractivity contribution is 6.30. The van der Waals surface area contributed by atoms with E-state index in [1.54, 1.807) is 0 Å². The van der Waals surface area contributed by atoms with Crippen LogP contribution in [0.25, 0.3) is 10.9 Å². The predicted octanol–water partition coefficient (Wildman–Crippen LogP) is 5.35. The number of fused-ring (bicyclic) bond motifs is 2. The summed E-state index contributed by atoms with van der Waals surface area (Å²) in [4.78, 5) is 31.2. The molecule has 2 aromatic carbocycles. The van der Waals surface area contributed by atoms with Gasteiger partial charge in [-0.1, -0.05) is 41.9 Å². The van der Waals surface area contributed by atoms with Gasteiger partial charge in [0, 0.05) is 16.8 Å². The zero-order valence-corrected chi connectivity index (χ0v) is 17.9. The lowest BCUT2D eigenvalue weighted by Gasteiger charge is -2.24. The van der Waals surface area contributed by atoms with E-state index in [2.05, 4.69) is 25.3 Å². The van der Waals surface area contributed by atoms with Gasteiger partial charge in [0.05, 0.1) is 28.2 Å². The number of carbonyl (C=O) groups excluding carboxylic acids is 1. The minimum atomic E-state index is 0.0417. The highest BCUT2D eigenvalue weighted by atomic mass is 35.5. The summed E-state index contributed by atoms with van der Waals surface area (Å²) in [5.41, 5.74) is 4.81. The van der Waals surface area contributed by atoms with Crippen LogP contribution in [0.2, 0.25) is 5.02 Å².